The standard InChI is InChI=1S/C14H13NO5S/c1-21(18,19)14(6-7-14)10-4-2-9(3-5-10)11-8-12(13(16)17)20-15-11/h2-5,8H,6-7H2,1H3,(H,16,17). The molecule has 0 radical (unpaired) electrons. The van der Waals surface area contributed by atoms with Crippen molar-refractivity contribution in [2.45, 2.75) is 17.6 Å². The second kappa shape index (κ2) is 4.42. The summed E-state index contributed by atoms with van der Waals surface area (Å²) in [7, 11) is -3.14. The van der Waals surface area contributed by atoms with Gasteiger partial charge in [-0.1, -0.05) is 29.4 Å². The molecule has 1 aromatic heterocycles. The highest BCUT2D eigenvalue weighted by Gasteiger charge is 2.53. The predicted molar refractivity (Wildman–Crippen MR) is 74.7 cm³/mol. The molecule has 1 saturated carbocycles. The number of aromatic nitrogens is 1. The second-order valence-corrected chi connectivity index (χ2v) is 7.55. The van der Waals surface area contributed by atoms with Crippen LogP contribution in [0.5, 0.6) is 0 Å². The van der Waals surface area contributed by atoms with Gasteiger partial charge >= 0.3 is 5.97 Å². The highest BCUT2D eigenvalue weighted by Crippen LogP contribution is 2.52. The maximum absolute atomic E-state index is 11.9. The number of carbonyl (C=O) groups is 1. The molecule has 0 aliphatic heterocycles. The van der Waals surface area contributed by atoms with Crippen LogP contribution in [-0.4, -0.2) is 30.9 Å². The number of benzene rings is 1. The molecular formula is C14H13NO5S. The van der Waals surface area contributed by atoms with Crippen molar-refractivity contribution in [1.82, 2.24) is 5.16 Å². The number of sulfone groups is 1. The third-order valence-corrected chi connectivity index (χ3v) is 5.91. The number of carboxylic acids is 1. The molecule has 3 rings (SSSR count). The minimum absolute atomic E-state index is 0.233. The summed E-state index contributed by atoms with van der Waals surface area (Å²) in [6.07, 6.45) is 2.53. The quantitative estimate of drug-likeness (QED) is 0.928. The molecule has 21 heavy (non-hydrogen) atoms. The van der Waals surface area contributed by atoms with Crippen LogP contribution in [0.3, 0.4) is 0 Å². The summed E-state index contributed by atoms with van der Waals surface area (Å²) >= 11 is 0. The number of hydrogen-bond donors (Lipinski definition) is 1. The third-order valence-electron chi connectivity index (χ3n) is 3.84. The molecule has 1 aromatic carbocycles. The summed E-state index contributed by atoms with van der Waals surface area (Å²) in [6, 6.07) is 8.28. The van der Waals surface area contributed by atoms with E-state index < -0.39 is 20.6 Å². The highest BCUT2D eigenvalue weighted by molar-refractivity contribution is 7.92. The summed E-state index contributed by atoms with van der Waals surface area (Å²) in [4.78, 5) is 10.7. The van der Waals surface area contributed by atoms with E-state index in [-0.39, 0.29) is 5.76 Å². The molecule has 1 fully saturated rings. The normalized spacial score (nSPS) is 16.6. The Morgan fingerprint density at radius 2 is 1.90 bits per heavy atom. The van der Waals surface area contributed by atoms with Gasteiger partial charge in [0.2, 0.25) is 5.76 Å². The Kier molecular flexibility index (Phi) is 2.91. The first kappa shape index (κ1) is 13.8. The zero-order valence-electron chi connectivity index (χ0n) is 11.2. The fourth-order valence-corrected chi connectivity index (χ4v) is 3.85. The summed E-state index contributed by atoms with van der Waals surface area (Å²) in [5.74, 6) is -1.41. The highest BCUT2D eigenvalue weighted by atomic mass is 32.2. The van der Waals surface area contributed by atoms with Gasteiger partial charge in [0, 0.05) is 17.9 Å². The minimum atomic E-state index is -3.14. The third kappa shape index (κ3) is 2.23. The van der Waals surface area contributed by atoms with Crippen LogP contribution in [0.2, 0.25) is 0 Å². The maximum Gasteiger partial charge on any atom is 0.374 e. The Bertz CT molecular complexity index is 800. The van der Waals surface area contributed by atoms with Gasteiger partial charge in [0.25, 0.3) is 0 Å². The van der Waals surface area contributed by atoms with Crippen molar-refractivity contribution in [3.8, 4) is 11.3 Å². The van der Waals surface area contributed by atoms with Crippen molar-refractivity contribution in [1.29, 1.82) is 0 Å². The molecule has 1 heterocycles. The molecule has 0 unspecified atom stereocenters. The van der Waals surface area contributed by atoms with Crippen molar-refractivity contribution in [2.75, 3.05) is 6.26 Å². The second-order valence-electron chi connectivity index (χ2n) is 5.23. The largest absolute Gasteiger partial charge is 0.475 e. The van der Waals surface area contributed by atoms with Crippen LogP contribution in [0.25, 0.3) is 11.3 Å². The van der Waals surface area contributed by atoms with Crippen molar-refractivity contribution >= 4 is 15.8 Å². The lowest BCUT2D eigenvalue weighted by molar-refractivity contribution is 0.0652. The van der Waals surface area contributed by atoms with E-state index in [1.54, 1.807) is 24.3 Å². The number of nitrogens with zero attached hydrogens (tertiary/aromatic N) is 1. The van der Waals surface area contributed by atoms with Crippen molar-refractivity contribution in [3.05, 3.63) is 41.7 Å². The van der Waals surface area contributed by atoms with Gasteiger partial charge in [0.05, 0.1) is 4.75 Å². The van der Waals surface area contributed by atoms with Crippen molar-refractivity contribution in [2.24, 2.45) is 0 Å². The lowest BCUT2D eigenvalue weighted by Gasteiger charge is -2.13. The zero-order valence-corrected chi connectivity index (χ0v) is 12.1. The lowest BCUT2D eigenvalue weighted by atomic mass is 10.1. The van der Waals surface area contributed by atoms with Crippen LogP contribution in [0, 0.1) is 0 Å². The van der Waals surface area contributed by atoms with Gasteiger partial charge in [0.1, 0.15) is 5.69 Å². The van der Waals surface area contributed by atoms with Gasteiger partial charge in [-0.05, 0) is 18.4 Å². The average Bonchev–Trinajstić information content (AvgIpc) is 3.10. The average molecular weight is 307 g/mol. The number of aromatic carboxylic acids is 1. The van der Waals surface area contributed by atoms with Crippen molar-refractivity contribution < 1.29 is 22.8 Å². The van der Waals surface area contributed by atoms with Gasteiger partial charge in [-0.3, -0.25) is 0 Å². The monoisotopic (exact) mass is 307 g/mol. The molecule has 0 saturated heterocycles. The molecule has 1 aliphatic rings. The Morgan fingerprint density at radius 3 is 2.33 bits per heavy atom. The SMILES string of the molecule is CS(=O)(=O)C1(c2ccc(-c3cc(C(=O)O)on3)cc2)CC1. The van der Waals surface area contributed by atoms with Gasteiger partial charge in [0.15, 0.2) is 9.84 Å². The van der Waals surface area contributed by atoms with Crippen LogP contribution < -0.4 is 0 Å². The maximum atomic E-state index is 11.9. The van der Waals surface area contributed by atoms with Crippen molar-refractivity contribution in [3.63, 3.8) is 0 Å². The number of hydrogen-bond acceptors (Lipinski definition) is 5. The van der Waals surface area contributed by atoms with E-state index in [1.165, 1.54) is 12.3 Å². The summed E-state index contributed by atoms with van der Waals surface area (Å²) in [5.41, 5.74) is 1.85. The van der Waals surface area contributed by atoms with Gasteiger partial charge in [-0.25, -0.2) is 13.2 Å². The van der Waals surface area contributed by atoms with Crippen LogP contribution in [-0.2, 0) is 14.6 Å². The van der Waals surface area contributed by atoms with E-state index in [4.69, 9.17) is 9.63 Å². The van der Waals surface area contributed by atoms with E-state index in [0.29, 0.717) is 24.1 Å². The first-order chi connectivity index (χ1) is 9.83. The Labute approximate surface area is 121 Å². The number of carboxylic acid groups (broad SMARTS) is 1. The van der Waals surface area contributed by atoms with E-state index >= 15 is 0 Å². The molecule has 0 spiro atoms. The molecule has 0 bridgehead atoms. The first-order valence-corrected chi connectivity index (χ1v) is 8.23. The van der Waals surface area contributed by atoms with E-state index in [0.717, 1.165) is 5.56 Å². The van der Waals surface area contributed by atoms with Crippen LogP contribution in [0.1, 0.15) is 29.0 Å². The van der Waals surface area contributed by atoms with Gasteiger partial charge in [-0.15, -0.1) is 0 Å². The molecule has 1 aliphatic carbocycles. The topological polar surface area (TPSA) is 97.5 Å². The molecule has 0 atom stereocenters. The Balaban J connectivity index is 1.93. The molecule has 7 heteroatoms. The molecule has 1 N–H and O–H groups in total. The molecule has 6 nitrogen and oxygen atoms in total. The van der Waals surface area contributed by atoms with E-state index in [2.05, 4.69) is 5.16 Å². The predicted octanol–water partition coefficient (Wildman–Crippen LogP) is 2.07. The van der Waals surface area contributed by atoms with Crippen LogP contribution >= 0.6 is 0 Å². The fraction of sp³-hybridized carbons (Fsp3) is 0.286. The summed E-state index contributed by atoms with van der Waals surface area (Å²) < 4.78 is 27.7. The molecule has 0 amide bonds. The van der Waals surface area contributed by atoms with Crippen LogP contribution in [0.15, 0.2) is 34.9 Å². The Hall–Kier alpha value is -2.15. The lowest BCUT2D eigenvalue weighted by Crippen LogP contribution is -2.19. The molecular weight excluding hydrogens is 294 g/mol. The zero-order chi connectivity index (χ0) is 15.3. The smallest absolute Gasteiger partial charge is 0.374 e. The minimum Gasteiger partial charge on any atom is -0.475 e. The van der Waals surface area contributed by atoms with E-state index in [1.807, 2.05) is 0 Å². The van der Waals surface area contributed by atoms with Gasteiger partial charge < -0.3 is 9.63 Å². The first-order valence-electron chi connectivity index (χ1n) is 6.34. The fourth-order valence-electron chi connectivity index (χ4n) is 2.44. The molecule has 110 valence electrons. The summed E-state index contributed by atoms with van der Waals surface area (Å²) in [5, 5.41) is 12.5. The number of rotatable bonds is 4. The van der Waals surface area contributed by atoms with E-state index in [9.17, 15) is 13.2 Å². The van der Waals surface area contributed by atoms with Gasteiger partial charge in [-0.2, -0.15) is 0 Å². The molecule has 2 aromatic rings. The Morgan fingerprint density at radius 1 is 1.29 bits per heavy atom. The van der Waals surface area contributed by atoms with Crippen LogP contribution in [0.4, 0.5) is 0 Å². The summed E-state index contributed by atoms with van der Waals surface area (Å²) in [6.45, 7) is 0.